The molecule has 212 valence electrons. The van der Waals surface area contributed by atoms with Crippen molar-refractivity contribution in [1.82, 2.24) is 24.9 Å². The van der Waals surface area contributed by atoms with E-state index in [9.17, 15) is 23.1 Å². The van der Waals surface area contributed by atoms with Crippen molar-refractivity contribution in [3.05, 3.63) is 58.9 Å². The number of nitrogens with two attached hydrogens (primary N) is 1. The number of amides is 1. The second kappa shape index (κ2) is 11.5. The summed E-state index contributed by atoms with van der Waals surface area (Å²) in [7, 11) is 0. The summed E-state index contributed by atoms with van der Waals surface area (Å²) < 4.78 is 50.5. The fourth-order valence-electron chi connectivity index (χ4n) is 4.57. The van der Waals surface area contributed by atoms with Crippen molar-refractivity contribution < 1.29 is 32.3 Å². The lowest BCUT2D eigenvalue weighted by molar-refractivity contribution is -0.137. The van der Waals surface area contributed by atoms with Gasteiger partial charge in [0.25, 0.3) is 5.89 Å². The number of aromatic nitrogens is 3. The molecule has 1 unspecified atom stereocenters. The molecule has 1 aliphatic rings. The van der Waals surface area contributed by atoms with E-state index in [1.807, 2.05) is 34.9 Å². The molecule has 0 bridgehead atoms. The summed E-state index contributed by atoms with van der Waals surface area (Å²) in [4.78, 5) is 24.7. The van der Waals surface area contributed by atoms with E-state index < -0.39 is 29.8 Å². The van der Waals surface area contributed by atoms with Gasteiger partial charge >= 0.3 is 6.18 Å². The Morgan fingerprint density at radius 2 is 2.00 bits per heavy atom. The maximum atomic E-state index is 12.8. The van der Waals surface area contributed by atoms with Crippen molar-refractivity contribution in [3.8, 4) is 17.2 Å². The Hall–Kier alpha value is -3.59. The van der Waals surface area contributed by atoms with Gasteiger partial charge in [0.2, 0.25) is 5.91 Å². The molecule has 0 radical (unpaired) electrons. The lowest BCUT2D eigenvalue weighted by Crippen LogP contribution is -2.59. The largest absolute Gasteiger partial charge is 0.491 e. The number of β-amino-alcohol motifs (C(OH)–C–C–N with tert-alkyl or cyclic N) is 1. The number of ether oxygens (including phenoxy) is 1. The Bertz CT molecular complexity index is 1480. The molecule has 5 rings (SSSR count). The van der Waals surface area contributed by atoms with Crippen molar-refractivity contribution in [2.45, 2.75) is 31.8 Å². The number of primary amides is 1. The highest BCUT2D eigenvalue weighted by molar-refractivity contribution is 7.18. The Balaban J connectivity index is 1.14. The van der Waals surface area contributed by atoms with Gasteiger partial charge in [-0.25, -0.2) is 4.98 Å². The predicted molar refractivity (Wildman–Crippen MR) is 140 cm³/mol. The number of carbonyl (C=O) groups is 1. The number of hydrogen-bond acceptors (Lipinski definition) is 10. The molecule has 1 fully saturated rings. The number of fused-ring (bicyclic) bond motifs is 1. The van der Waals surface area contributed by atoms with E-state index in [1.54, 1.807) is 11.3 Å². The van der Waals surface area contributed by atoms with Crippen LogP contribution in [0, 0.1) is 6.92 Å². The van der Waals surface area contributed by atoms with Gasteiger partial charge in [0.15, 0.2) is 5.82 Å². The lowest BCUT2D eigenvalue weighted by Gasteiger charge is -2.40. The third kappa shape index (κ3) is 6.58. The molecule has 4 aromatic rings. The molecule has 2 atom stereocenters. The molecular weight excluding hydrogens is 549 g/mol. The first kappa shape index (κ1) is 28.0. The van der Waals surface area contributed by atoms with Crippen LogP contribution in [0.15, 0.2) is 47.0 Å². The monoisotopic (exact) mass is 576 g/mol. The molecule has 1 aliphatic heterocycles. The number of nitrogens with zero attached hydrogens (tertiary/aromatic N) is 5. The van der Waals surface area contributed by atoms with Crippen molar-refractivity contribution in [2.24, 2.45) is 5.73 Å². The third-order valence-corrected chi connectivity index (χ3v) is 7.50. The SMILES string of the molecule is Cc1nc2cc(OC[C@@H](O)CN3CCN(Cc4noc(-c5ccc(C(F)(F)F)cc5)n4)CC3C(N)=O)ccc2s1. The van der Waals surface area contributed by atoms with Gasteiger partial charge < -0.3 is 20.1 Å². The molecule has 14 heteroatoms. The van der Waals surface area contributed by atoms with E-state index in [0.29, 0.717) is 30.2 Å². The lowest BCUT2D eigenvalue weighted by atomic mass is 10.1. The molecule has 1 amide bonds. The summed E-state index contributed by atoms with van der Waals surface area (Å²) in [6, 6.07) is 9.39. The van der Waals surface area contributed by atoms with Gasteiger partial charge in [-0.05, 0) is 43.3 Å². The fourth-order valence-corrected chi connectivity index (χ4v) is 5.38. The number of thiazole rings is 1. The minimum Gasteiger partial charge on any atom is -0.491 e. The molecule has 2 aromatic heterocycles. The first-order chi connectivity index (χ1) is 19.0. The Kier molecular flexibility index (Phi) is 8.03. The number of hydrogen-bond donors (Lipinski definition) is 2. The summed E-state index contributed by atoms with van der Waals surface area (Å²) in [6.45, 7) is 3.71. The maximum absolute atomic E-state index is 12.8. The molecule has 1 saturated heterocycles. The minimum atomic E-state index is -4.43. The molecule has 40 heavy (non-hydrogen) atoms. The molecule has 0 saturated carbocycles. The first-order valence-corrected chi connectivity index (χ1v) is 13.3. The number of aliphatic hydroxyl groups excluding tert-OH is 1. The average molecular weight is 577 g/mol. The third-order valence-electron chi connectivity index (χ3n) is 6.55. The molecule has 0 aliphatic carbocycles. The number of aliphatic hydroxyl groups is 1. The Morgan fingerprint density at radius 1 is 1.23 bits per heavy atom. The summed E-state index contributed by atoms with van der Waals surface area (Å²) in [6.07, 6.45) is -5.29. The van der Waals surface area contributed by atoms with E-state index in [2.05, 4.69) is 15.1 Å². The first-order valence-electron chi connectivity index (χ1n) is 12.5. The van der Waals surface area contributed by atoms with Crippen LogP contribution in [-0.4, -0.2) is 80.9 Å². The van der Waals surface area contributed by atoms with Crippen LogP contribution in [0.3, 0.4) is 0 Å². The standard InChI is InChI=1S/C26H27F3N6O4S/c1-15-31-20-10-19(6-7-22(20)40-15)38-14-18(36)11-35-9-8-34(12-21(35)24(30)37)13-23-32-25(39-33-23)16-2-4-17(5-3-16)26(27,28)29/h2-7,10,18,21,36H,8-9,11-14H2,1H3,(H2,30,37)/t18-,21?/m0/s1. The zero-order chi connectivity index (χ0) is 28.4. The topological polar surface area (TPSA) is 131 Å². The molecule has 3 heterocycles. The molecule has 10 nitrogen and oxygen atoms in total. The van der Waals surface area contributed by atoms with Crippen LogP contribution in [0.4, 0.5) is 13.2 Å². The summed E-state index contributed by atoms with van der Waals surface area (Å²) >= 11 is 1.60. The van der Waals surface area contributed by atoms with Crippen LogP contribution >= 0.6 is 11.3 Å². The van der Waals surface area contributed by atoms with Crippen molar-refractivity contribution >= 4 is 27.5 Å². The van der Waals surface area contributed by atoms with E-state index >= 15 is 0 Å². The summed E-state index contributed by atoms with van der Waals surface area (Å²) in [5.74, 6) is 0.498. The van der Waals surface area contributed by atoms with Crippen molar-refractivity contribution in [1.29, 1.82) is 0 Å². The quantitative estimate of drug-likeness (QED) is 0.309. The summed E-state index contributed by atoms with van der Waals surface area (Å²) in [5, 5.41) is 15.5. The highest BCUT2D eigenvalue weighted by Crippen LogP contribution is 2.31. The second-order valence-electron chi connectivity index (χ2n) is 9.57. The van der Waals surface area contributed by atoms with Gasteiger partial charge in [-0.15, -0.1) is 11.3 Å². The van der Waals surface area contributed by atoms with Gasteiger partial charge in [-0.3, -0.25) is 14.6 Å². The highest BCUT2D eigenvalue weighted by Gasteiger charge is 2.33. The molecular formula is C26H27F3N6O4S. The van der Waals surface area contributed by atoms with E-state index in [1.165, 1.54) is 12.1 Å². The Labute approximate surface area is 231 Å². The zero-order valence-corrected chi connectivity index (χ0v) is 22.3. The maximum Gasteiger partial charge on any atom is 0.416 e. The number of piperazine rings is 1. The van der Waals surface area contributed by atoms with Gasteiger partial charge in [0.1, 0.15) is 24.5 Å². The average Bonchev–Trinajstić information content (AvgIpc) is 3.53. The van der Waals surface area contributed by atoms with Gasteiger partial charge in [-0.1, -0.05) is 5.16 Å². The van der Waals surface area contributed by atoms with E-state index in [0.717, 1.165) is 27.4 Å². The van der Waals surface area contributed by atoms with Crippen LogP contribution in [0.25, 0.3) is 21.7 Å². The minimum absolute atomic E-state index is 0.0376. The number of alkyl halides is 3. The van der Waals surface area contributed by atoms with E-state index in [4.69, 9.17) is 15.0 Å². The van der Waals surface area contributed by atoms with E-state index in [-0.39, 0.29) is 32.1 Å². The molecule has 0 spiro atoms. The number of rotatable bonds is 9. The van der Waals surface area contributed by atoms with Crippen LogP contribution < -0.4 is 10.5 Å². The van der Waals surface area contributed by atoms with Crippen LogP contribution in [0.5, 0.6) is 5.75 Å². The van der Waals surface area contributed by atoms with Crippen molar-refractivity contribution in [2.75, 3.05) is 32.8 Å². The van der Waals surface area contributed by atoms with Crippen LogP contribution in [0.1, 0.15) is 16.4 Å². The van der Waals surface area contributed by atoms with Gasteiger partial charge in [0.05, 0.1) is 27.3 Å². The number of aryl methyl sites for hydroxylation is 1. The fraction of sp³-hybridized carbons (Fsp3) is 0.385. The van der Waals surface area contributed by atoms with Crippen molar-refractivity contribution in [3.63, 3.8) is 0 Å². The Morgan fingerprint density at radius 3 is 2.73 bits per heavy atom. The number of carbonyl (C=O) groups excluding carboxylic acids is 1. The molecule has 3 N–H and O–H groups in total. The zero-order valence-electron chi connectivity index (χ0n) is 21.5. The van der Waals surface area contributed by atoms with Crippen LogP contribution in [-0.2, 0) is 17.5 Å². The second-order valence-corrected chi connectivity index (χ2v) is 10.8. The predicted octanol–water partition coefficient (Wildman–Crippen LogP) is 3.08. The van der Waals surface area contributed by atoms with Gasteiger partial charge in [-0.2, -0.15) is 18.2 Å². The smallest absolute Gasteiger partial charge is 0.416 e. The number of halogens is 3. The number of benzene rings is 2. The normalized spacial score (nSPS) is 17.8. The van der Waals surface area contributed by atoms with Crippen LogP contribution in [0.2, 0.25) is 0 Å². The molecule has 2 aromatic carbocycles. The highest BCUT2D eigenvalue weighted by atomic mass is 32.1. The van der Waals surface area contributed by atoms with Gasteiger partial charge in [0, 0.05) is 37.8 Å². The summed E-state index contributed by atoms with van der Waals surface area (Å²) in [5.41, 5.74) is 6.11.